The smallest absolute Gasteiger partial charge is 0.307 e. The van der Waals surface area contributed by atoms with Crippen LogP contribution in [0.15, 0.2) is 24.3 Å². The second-order valence-corrected chi connectivity index (χ2v) is 7.45. The van der Waals surface area contributed by atoms with Crippen molar-refractivity contribution in [3.8, 4) is 5.75 Å². The van der Waals surface area contributed by atoms with E-state index in [1.807, 2.05) is 23.1 Å². The van der Waals surface area contributed by atoms with Gasteiger partial charge in [0.2, 0.25) is 5.91 Å². The molecule has 1 amide bonds. The lowest BCUT2D eigenvalue weighted by Gasteiger charge is -2.42. The molecule has 0 bridgehead atoms. The van der Waals surface area contributed by atoms with Crippen molar-refractivity contribution in [3.05, 3.63) is 29.8 Å². The Hall–Kier alpha value is -2.04. The number of amides is 1. The van der Waals surface area contributed by atoms with E-state index in [4.69, 9.17) is 9.47 Å². The van der Waals surface area contributed by atoms with Crippen LogP contribution < -0.4 is 4.74 Å². The van der Waals surface area contributed by atoms with Crippen LogP contribution in [0.25, 0.3) is 0 Å². The minimum Gasteiger partial charge on any atom is -0.486 e. The van der Waals surface area contributed by atoms with Crippen LogP contribution in [0.5, 0.6) is 5.75 Å². The Labute approximate surface area is 148 Å². The molecule has 134 valence electrons. The molecule has 25 heavy (non-hydrogen) atoms. The van der Waals surface area contributed by atoms with Gasteiger partial charge in [-0.2, -0.15) is 0 Å². The number of para-hydroxylation sites is 1. The molecule has 0 radical (unpaired) electrons. The number of rotatable bonds is 4. The molecule has 4 rings (SSSR count). The number of carbonyl (C=O) groups excluding carboxylic acids is 2. The zero-order valence-corrected chi connectivity index (χ0v) is 14.7. The Bertz CT molecular complexity index is 674. The van der Waals surface area contributed by atoms with Crippen LogP contribution in [0.2, 0.25) is 0 Å². The molecule has 5 nitrogen and oxygen atoms in total. The summed E-state index contributed by atoms with van der Waals surface area (Å²) in [5.74, 6) is 0.460. The lowest BCUT2D eigenvalue weighted by Crippen LogP contribution is -2.59. The van der Waals surface area contributed by atoms with Crippen molar-refractivity contribution in [1.29, 1.82) is 0 Å². The van der Waals surface area contributed by atoms with E-state index in [0.717, 1.165) is 37.9 Å². The third kappa shape index (κ3) is 2.90. The van der Waals surface area contributed by atoms with Crippen LogP contribution in [-0.2, 0) is 20.7 Å². The van der Waals surface area contributed by atoms with Crippen molar-refractivity contribution in [2.45, 2.75) is 57.2 Å². The Kier molecular flexibility index (Phi) is 4.18. The minimum absolute atomic E-state index is 0.0363. The molecule has 2 saturated heterocycles. The zero-order chi connectivity index (χ0) is 17.4. The van der Waals surface area contributed by atoms with Crippen molar-refractivity contribution in [2.75, 3.05) is 13.1 Å². The summed E-state index contributed by atoms with van der Waals surface area (Å²) in [5.41, 5.74) is 0.668. The second kappa shape index (κ2) is 6.36. The van der Waals surface area contributed by atoms with Crippen LogP contribution >= 0.6 is 0 Å². The number of nitrogens with zero attached hydrogens (tertiary/aromatic N) is 1. The molecular weight excluding hydrogens is 318 g/mol. The molecule has 1 spiro atoms. The molecule has 0 aromatic heterocycles. The predicted molar refractivity (Wildman–Crippen MR) is 92.2 cm³/mol. The normalized spacial score (nSPS) is 25.1. The van der Waals surface area contributed by atoms with Crippen molar-refractivity contribution in [1.82, 2.24) is 4.90 Å². The van der Waals surface area contributed by atoms with Crippen molar-refractivity contribution >= 4 is 11.9 Å². The summed E-state index contributed by atoms with van der Waals surface area (Å²) < 4.78 is 11.7. The number of ether oxygens (including phenoxy) is 2. The third-order valence-corrected chi connectivity index (χ3v) is 5.88. The summed E-state index contributed by atoms with van der Waals surface area (Å²) in [6, 6.07) is 8.05. The SMILES string of the molecule is CCc1ccccc1OC1CN(C(=O)[C@H]2CC(=O)OC23CCCC3)C1. The fourth-order valence-corrected chi connectivity index (χ4v) is 4.43. The standard InChI is InChI=1S/C20H25NO4/c1-2-14-7-3-4-8-17(14)24-15-12-21(13-15)19(23)16-11-18(22)25-20(16)9-5-6-10-20/h3-4,7-8,15-16H,2,5-6,9-13H2,1H3/t16-/m1/s1. The van der Waals surface area contributed by atoms with Gasteiger partial charge >= 0.3 is 5.97 Å². The number of likely N-dealkylation sites (tertiary alicyclic amines) is 1. The van der Waals surface area contributed by atoms with Crippen molar-refractivity contribution < 1.29 is 19.1 Å². The maximum absolute atomic E-state index is 12.9. The molecule has 3 aliphatic rings. The second-order valence-electron chi connectivity index (χ2n) is 7.45. The highest BCUT2D eigenvalue weighted by atomic mass is 16.6. The van der Waals surface area contributed by atoms with E-state index < -0.39 is 5.60 Å². The molecule has 0 N–H and O–H groups in total. The average molecular weight is 343 g/mol. The Morgan fingerprint density at radius 3 is 2.72 bits per heavy atom. The molecule has 3 fully saturated rings. The van der Waals surface area contributed by atoms with Gasteiger partial charge in [0.05, 0.1) is 25.4 Å². The van der Waals surface area contributed by atoms with Gasteiger partial charge in [0, 0.05) is 0 Å². The summed E-state index contributed by atoms with van der Waals surface area (Å²) in [6.07, 6.45) is 4.93. The van der Waals surface area contributed by atoms with Gasteiger partial charge in [-0.15, -0.1) is 0 Å². The highest BCUT2D eigenvalue weighted by molar-refractivity contribution is 5.88. The first-order valence-electron chi connectivity index (χ1n) is 9.36. The maximum Gasteiger partial charge on any atom is 0.307 e. The van der Waals surface area contributed by atoms with Gasteiger partial charge < -0.3 is 14.4 Å². The van der Waals surface area contributed by atoms with Gasteiger partial charge in [-0.05, 0) is 43.7 Å². The fraction of sp³-hybridized carbons (Fsp3) is 0.600. The molecule has 2 heterocycles. The van der Waals surface area contributed by atoms with E-state index in [1.54, 1.807) is 0 Å². The first-order valence-corrected chi connectivity index (χ1v) is 9.36. The van der Waals surface area contributed by atoms with Gasteiger partial charge in [-0.3, -0.25) is 9.59 Å². The van der Waals surface area contributed by atoms with Crippen LogP contribution in [-0.4, -0.2) is 41.6 Å². The first-order chi connectivity index (χ1) is 12.1. The van der Waals surface area contributed by atoms with E-state index in [2.05, 4.69) is 13.0 Å². The molecule has 0 unspecified atom stereocenters. The molecular formula is C20H25NO4. The largest absolute Gasteiger partial charge is 0.486 e. The number of aryl methyl sites for hydroxylation is 1. The number of hydrogen-bond acceptors (Lipinski definition) is 4. The summed E-state index contributed by atoms with van der Waals surface area (Å²) in [6.45, 7) is 3.30. The van der Waals surface area contributed by atoms with Crippen molar-refractivity contribution in [2.24, 2.45) is 5.92 Å². The van der Waals surface area contributed by atoms with Crippen LogP contribution in [0.1, 0.15) is 44.6 Å². The highest BCUT2D eigenvalue weighted by Gasteiger charge is 2.55. The van der Waals surface area contributed by atoms with Crippen LogP contribution in [0.3, 0.4) is 0 Å². The van der Waals surface area contributed by atoms with Gasteiger partial charge in [-0.25, -0.2) is 0 Å². The summed E-state index contributed by atoms with van der Waals surface area (Å²) >= 11 is 0. The Balaban J connectivity index is 1.37. The number of hydrogen-bond donors (Lipinski definition) is 0. The summed E-state index contributed by atoms with van der Waals surface area (Å²) in [4.78, 5) is 26.5. The molecule has 1 aliphatic carbocycles. The predicted octanol–water partition coefficient (Wildman–Crippen LogP) is 2.71. The minimum atomic E-state index is -0.519. The molecule has 1 aromatic rings. The molecule has 1 saturated carbocycles. The summed E-state index contributed by atoms with van der Waals surface area (Å²) in [7, 11) is 0. The Morgan fingerprint density at radius 2 is 2.00 bits per heavy atom. The molecule has 1 atom stereocenters. The molecule has 1 aromatic carbocycles. The topological polar surface area (TPSA) is 55.8 Å². The monoisotopic (exact) mass is 343 g/mol. The Morgan fingerprint density at radius 1 is 1.28 bits per heavy atom. The number of benzene rings is 1. The fourth-order valence-electron chi connectivity index (χ4n) is 4.43. The number of carbonyl (C=O) groups is 2. The van der Waals surface area contributed by atoms with E-state index in [1.165, 1.54) is 5.56 Å². The zero-order valence-electron chi connectivity index (χ0n) is 14.7. The molecule has 5 heteroatoms. The highest BCUT2D eigenvalue weighted by Crippen LogP contribution is 2.46. The van der Waals surface area contributed by atoms with Gasteiger partial charge in [-0.1, -0.05) is 25.1 Å². The lowest BCUT2D eigenvalue weighted by atomic mass is 9.84. The van der Waals surface area contributed by atoms with E-state index in [0.29, 0.717) is 13.1 Å². The third-order valence-electron chi connectivity index (χ3n) is 5.88. The lowest BCUT2D eigenvalue weighted by molar-refractivity contribution is -0.155. The van der Waals surface area contributed by atoms with Gasteiger partial charge in [0.15, 0.2) is 0 Å². The van der Waals surface area contributed by atoms with Gasteiger partial charge in [0.1, 0.15) is 17.5 Å². The number of esters is 1. The van der Waals surface area contributed by atoms with Crippen LogP contribution in [0, 0.1) is 5.92 Å². The van der Waals surface area contributed by atoms with E-state index in [9.17, 15) is 9.59 Å². The van der Waals surface area contributed by atoms with E-state index in [-0.39, 0.29) is 30.3 Å². The summed E-state index contributed by atoms with van der Waals surface area (Å²) in [5, 5.41) is 0. The quantitative estimate of drug-likeness (QED) is 0.789. The van der Waals surface area contributed by atoms with Crippen LogP contribution in [0.4, 0.5) is 0 Å². The average Bonchev–Trinajstić information content (AvgIpc) is 3.17. The maximum atomic E-state index is 12.9. The van der Waals surface area contributed by atoms with E-state index >= 15 is 0 Å². The van der Waals surface area contributed by atoms with Crippen molar-refractivity contribution in [3.63, 3.8) is 0 Å². The van der Waals surface area contributed by atoms with Gasteiger partial charge in [0.25, 0.3) is 0 Å². The first kappa shape index (κ1) is 16.4. The molecule has 2 aliphatic heterocycles.